The van der Waals surface area contributed by atoms with Gasteiger partial charge in [0.25, 0.3) is 0 Å². The molecule has 47 heavy (non-hydrogen) atoms. The summed E-state index contributed by atoms with van der Waals surface area (Å²) in [5.74, 6) is -0.256. The Kier molecular flexibility index (Phi) is 9.56. The number of alkyl halides is 3. The summed E-state index contributed by atoms with van der Waals surface area (Å²) in [6.45, 7) is 0.717. The summed E-state index contributed by atoms with van der Waals surface area (Å²) >= 11 is 0. The molecule has 2 amide bonds. The number of aromatic nitrogens is 6. The Balaban J connectivity index is 1.15. The molecule has 3 aromatic heterocycles. The first-order chi connectivity index (χ1) is 22.8. The number of nitrogens with one attached hydrogen (secondary N) is 2. The van der Waals surface area contributed by atoms with Crippen LogP contribution in [0, 0.1) is 0 Å². The molecule has 0 unspecified atom stereocenters. The number of benzene rings is 1. The molecule has 16 heteroatoms. The topological polar surface area (TPSA) is 149 Å². The monoisotopic (exact) mass is 651 g/mol. The van der Waals surface area contributed by atoms with Gasteiger partial charge in [-0.2, -0.15) is 18.2 Å². The Morgan fingerprint density at radius 3 is 2.19 bits per heavy atom. The maximum Gasteiger partial charge on any atom is 0.423 e. The molecule has 0 bridgehead atoms. The van der Waals surface area contributed by atoms with Gasteiger partial charge in [0.2, 0.25) is 17.8 Å². The van der Waals surface area contributed by atoms with Gasteiger partial charge in [0.15, 0.2) is 0 Å². The Morgan fingerprint density at radius 1 is 0.936 bits per heavy atom. The van der Waals surface area contributed by atoms with Crippen LogP contribution in [-0.4, -0.2) is 74.4 Å². The number of hydrogen-bond acceptors (Lipinski definition) is 11. The number of methoxy groups -OCH3 is 1. The highest BCUT2D eigenvalue weighted by atomic mass is 19.4. The minimum absolute atomic E-state index is 0.0376. The van der Waals surface area contributed by atoms with Crippen molar-refractivity contribution in [3.63, 3.8) is 0 Å². The first-order valence-electron chi connectivity index (χ1n) is 15.0. The first-order valence-corrected chi connectivity index (χ1v) is 15.0. The summed E-state index contributed by atoms with van der Waals surface area (Å²) in [5, 5.41) is 6.12. The zero-order valence-electron chi connectivity index (χ0n) is 25.4. The van der Waals surface area contributed by atoms with Gasteiger partial charge in [-0.05, 0) is 31.2 Å². The van der Waals surface area contributed by atoms with Crippen molar-refractivity contribution in [2.24, 2.45) is 0 Å². The molecule has 4 heterocycles. The van der Waals surface area contributed by atoms with Gasteiger partial charge in [0, 0.05) is 60.7 Å². The van der Waals surface area contributed by atoms with Crippen LogP contribution < -0.4 is 25.0 Å². The van der Waals surface area contributed by atoms with E-state index >= 15 is 0 Å². The summed E-state index contributed by atoms with van der Waals surface area (Å²) < 4.78 is 56.1. The Hall–Kier alpha value is -5.12. The highest BCUT2D eigenvalue weighted by Crippen LogP contribution is 2.36. The van der Waals surface area contributed by atoms with E-state index < -0.39 is 23.7 Å². The molecule has 6 rings (SSSR count). The van der Waals surface area contributed by atoms with Crippen LogP contribution in [0.3, 0.4) is 0 Å². The van der Waals surface area contributed by atoms with Gasteiger partial charge < -0.3 is 24.8 Å². The molecule has 1 saturated heterocycles. The lowest BCUT2D eigenvalue weighted by molar-refractivity contribution is -0.142. The maximum absolute atomic E-state index is 13.6. The number of amides is 2. The van der Waals surface area contributed by atoms with Crippen molar-refractivity contribution in [1.82, 2.24) is 35.2 Å². The van der Waals surface area contributed by atoms with Crippen molar-refractivity contribution in [2.45, 2.75) is 56.6 Å². The fourth-order valence-corrected chi connectivity index (χ4v) is 5.26. The molecule has 1 aliphatic heterocycles. The third kappa shape index (κ3) is 7.82. The van der Waals surface area contributed by atoms with E-state index in [1.54, 1.807) is 29.7 Å². The molecule has 1 aliphatic carbocycles. The Morgan fingerprint density at radius 2 is 1.60 bits per heavy atom. The second-order valence-electron chi connectivity index (χ2n) is 11.1. The van der Waals surface area contributed by atoms with Crippen molar-refractivity contribution in [2.75, 3.05) is 30.5 Å². The van der Waals surface area contributed by atoms with E-state index in [1.807, 2.05) is 30.3 Å². The number of hydrogen-bond donors (Lipinski definition) is 2. The second-order valence-corrected chi connectivity index (χ2v) is 11.1. The van der Waals surface area contributed by atoms with E-state index in [4.69, 9.17) is 14.2 Å². The lowest BCUT2D eigenvalue weighted by Crippen LogP contribution is -2.49. The van der Waals surface area contributed by atoms with Crippen LogP contribution in [0.5, 0.6) is 11.9 Å². The van der Waals surface area contributed by atoms with Crippen molar-refractivity contribution in [3.8, 4) is 23.0 Å². The molecular weight excluding hydrogens is 619 g/mol. The Labute approximate surface area is 268 Å². The summed E-state index contributed by atoms with van der Waals surface area (Å²) in [5.41, 5.74) is 1.25. The van der Waals surface area contributed by atoms with Gasteiger partial charge in [-0.1, -0.05) is 30.3 Å². The number of carbonyl (C=O) groups is 1. The van der Waals surface area contributed by atoms with Crippen molar-refractivity contribution in [3.05, 3.63) is 72.4 Å². The van der Waals surface area contributed by atoms with Gasteiger partial charge in [-0.3, -0.25) is 4.90 Å². The van der Waals surface area contributed by atoms with E-state index in [-0.39, 0.29) is 49.2 Å². The number of urea groups is 1. The van der Waals surface area contributed by atoms with Crippen molar-refractivity contribution < 1.29 is 32.2 Å². The van der Waals surface area contributed by atoms with Crippen LogP contribution >= 0.6 is 0 Å². The van der Waals surface area contributed by atoms with Gasteiger partial charge in [-0.15, -0.1) is 0 Å². The summed E-state index contributed by atoms with van der Waals surface area (Å²) in [4.78, 5) is 40.5. The maximum atomic E-state index is 13.6. The summed E-state index contributed by atoms with van der Waals surface area (Å²) in [7, 11) is 1.48. The lowest BCUT2D eigenvalue weighted by Gasteiger charge is -2.36. The van der Waals surface area contributed by atoms with Crippen LogP contribution in [0.25, 0.3) is 11.1 Å². The standard InChI is InChI=1S/C31H32F3N9O4/c1-45-29-38-14-21(15-39-29)20-12-36-28(37-13-20)43(30(44)40-11-19-5-3-2-4-6-19)23-9-7-22(8-10-23)41-27-35-16-25(31(32,33)34)26(42-27)47-24-17-46-18-24/h2-6,12-16,22-24H,7-11,17-18H2,1H3,(H,40,44)(H,35,41,42)/t22-,23-. The zero-order chi connectivity index (χ0) is 32.8. The molecular formula is C31H32F3N9O4. The highest BCUT2D eigenvalue weighted by Gasteiger charge is 2.38. The molecule has 2 N–H and O–H groups in total. The molecule has 0 radical (unpaired) electrons. The predicted molar refractivity (Wildman–Crippen MR) is 163 cm³/mol. The molecule has 246 valence electrons. The zero-order valence-corrected chi connectivity index (χ0v) is 25.4. The highest BCUT2D eigenvalue weighted by molar-refractivity contribution is 5.90. The van der Waals surface area contributed by atoms with Crippen LogP contribution in [0.4, 0.5) is 29.9 Å². The van der Waals surface area contributed by atoms with E-state index in [9.17, 15) is 18.0 Å². The summed E-state index contributed by atoms with van der Waals surface area (Å²) in [6.07, 6.45) is 4.29. The molecule has 2 aliphatic rings. The van der Waals surface area contributed by atoms with Gasteiger partial charge in [-0.25, -0.2) is 29.7 Å². The fourth-order valence-electron chi connectivity index (χ4n) is 5.26. The average molecular weight is 652 g/mol. The number of halogens is 3. The largest absolute Gasteiger partial charge is 0.469 e. The fraction of sp³-hybridized carbons (Fsp3) is 0.387. The van der Waals surface area contributed by atoms with E-state index in [2.05, 4.69) is 40.5 Å². The third-order valence-corrected chi connectivity index (χ3v) is 7.84. The van der Waals surface area contributed by atoms with Gasteiger partial charge in [0.1, 0.15) is 11.7 Å². The Bertz CT molecular complexity index is 1640. The first kappa shape index (κ1) is 31.8. The minimum atomic E-state index is -4.66. The molecule has 1 aromatic carbocycles. The number of anilines is 2. The van der Waals surface area contributed by atoms with Crippen molar-refractivity contribution >= 4 is 17.9 Å². The van der Waals surface area contributed by atoms with Gasteiger partial charge >= 0.3 is 18.2 Å². The average Bonchev–Trinajstić information content (AvgIpc) is 3.07. The molecule has 0 spiro atoms. The number of carbonyl (C=O) groups excluding carboxylic acids is 1. The predicted octanol–water partition coefficient (Wildman–Crippen LogP) is 4.67. The van der Waals surface area contributed by atoms with Gasteiger partial charge in [0.05, 0.1) is 20.3 Å². The molecule has 1 saturated carbocycles. The minimum Gasteiger partial charge on any atom is -0.469 e. The van der Waals surface area contributed by atoms with Crippen LogP contribution in [0.15, 0.2) is 61.3 Å². The van der Waals surface area contributed by atoms with Crippen LogP contribution in [-0.2, 0) is 17.5 Å². The van der Waals surface area contributed by atoms with E-state index in [1.165, 1.54) is 7.11 Å². The quantitative estimate of drug-likeness (QED) is 0.246. The van der Waals surface area contributed by atoms with Crippen LogP contribution in [0.1, 0.15) is 36.8 Å². The number of rotatable bonds is 10. The second kappa shape index (κ2) is 14.1. The summed E-state index contributed by atoms with van der Waals surface area (Å²) in [6, 6.07) is 9.04. The van der Waals surface area contributed by atoms with Crippen LogP contribution in [0.2, 0.25) is 0 Å². The molecule has 2 fully saturated rings. The molecule has 4 aromatic rings. The SMILES string of the molecule is COc1ncc(-c2cnc(N(C(=O)NCc3ccccc3)[C@H]3CC[C@H](Nc4ncc(C(F)(F)F)c(OC5COC5)n4)CC3)nc2)cn1. The number of ether oxygens (including phenoxy) is 3. The third-order valence-electron chi connectivity index (χ3n) is 7.84. The smallest absolute Gasteiger partial charge is 0.423 e. The van der Waals surface area contributed by atoms with E-state index in [0.717, 1.165) is 11.8 Å². The number of nitrogens with zero attached hydrogens (tertiary/aromatic N) is 7. The molecule has 13 nitrogen and oxygen atoms in total. The van der Waals surface area contributed by atoms with Crippen molar-refractivity contribution in [1.29, 1.82) is 0 Å². The lowest BCUT2D eigenvalue weighted by atomic mass is 9.90. The van der Waals surface area contributed by atoms with E-state index in [0.29, 0.717) is 43.4 Å². The molecule has 0 atom stereocenters. The normalized spacial score (nSPS) is 18.1.